The Morgan fingerprint density at radius 2 is 2.21 bits per heavy atom. The molecule has 0 fully saturated rings. The topological polar surface area (TPSA) is 97.1 Å². The van der Waals surface area contributed by atoms with Crippen molar-refractivity contribution in [3.05, 3.63) is 42.2 Å². The molecule has 0 aromatic carbocycles. The minimum absolute atomic E-state index is 0.0778. The van der Waals surface area contributed by atoms with Gasteiger partial charge in [0.25, 0.3) is 5.91 Å². The van der Waals surface area contributed by atoms with E-state index >= 15 is 0 Å². The Hall–Kier alpha value is -2.77. The molecule has 8 heteroatoms. The van der Waals surface area contributed by atoms with Crippen LogP contribution in [0.1, 0.15) is 10.5 Å². The van der Waals surface area contributed by atoms with Gasteiger partial charge in [-0.2, -0.15) is 9.49 Å². The lowest BCUT2D eigenvalue weighted by atomic mass is 10.3. The van der Waals surface area contributed by atoms with E-state index in [0.29, 0.717) is 5.69 Å². The largest absolute Gasteiger partial charge is 0.480 e. The summed E-state index contributed by atoms with van der Waals surface area (Å²) in [6, 6.07) is 3.85. The number of hydrogen-bond donors (Lipinski definition) is 2. The maximum atomic E-state index is 12.8. The van der Waals surface area contributed by atoms with E-state index in [1.807, 2.05) is 0 Å². The molecule has 98 valence electrons. The molecule has 0 spiro atoms. The zero-order valence-corrected chi connectivity index (χ0v) is 9.58. The summed E-state index contributed by atoms with van der Waals surface area (Å²) < 4.78 is 14.0. The second-order valence-corrected chi connectivity index (χ2v) is 3.62. The maximum Gasteiger partial charge on any atom is 0.325 e. The monoisotopic (exact) mass is 264 g/mol. The third-order valence-corrected chi connectivity index (χ3v) is 2.14. The first-order chi connectivity index (χ1) is 9.04. The fourth-order valence-electron chi connectivity index (χ4n) is 1.38. The van der Waals surface area contributed by atoms with Crippen LogP contribution in [0.4, 0.5) is 10.1 Å². The molecule has 7 nitrogen and oxygen atoms in total. The SMILES string of the molecule is O=C(O)Cn1cc(NC(=O)c2cccc(F)n2)cn1. The van der Waals surface area contributed by atoms with Gasteiger partial charge in [-0.05, 0) is 12.1 Å². The number of carbonyl (C=O) groups excluding carboxylic acids is 1. The minimum atomic E-state index is -1.05. The summed E-state index contributed by atoms with van der Waals surface area (Å²) in [6.07, 6.45) is 2.64. The first kappa shape index (κ1) is 12.7. The Morgan fingerprint density at radius 3 is 2.89 bits per heavy atom. The van der Waals surface area contributed by atoms with Crippen molar-refractivity contribution in [3.8, 4) is 0 Å². The third kappa shape index (κ3) is 3.35. The Labute approximate surface area is 106 Å². The Bertz CT molecular complexity index is 626. The highest BCUT2D eigenvalue weighted by molar-refractivity contribution is 6.02. The van der Waals surface area contributed by atoms with Crippen molar-refractivity contribution in [1.29, 1.82) is 0 Å². The van der Waals surface area contributed by atoms with Crippen LogP contribution in [0.3, 0.4) is 0 Å². The number of rotatable bonds is 4. The number of nitrogens with zero attached hydrogens (tertiary/aromatic N) is 3. The summed E-state index contributed by atoms with van der Waals surface area (Å²) in [6.45, 7) is -0.311. The number of halogens is 1. The summed E-state index contributed by atoms with van der Waals surface area (Å²) in [5.74, 6) is -2.41. The zero-order valence-electron chi connectivity index (χ0n) is 9.58. The molecule has 0 aliphatic carbocycles. The molecule has 19 heavy (non-hydrogen) atoms. The lowest BCUT2D eigenvalue weighted by Crippen LogP contribution is -2.14. The summed E-state index contributed by atoms with van der Waals surface area (Å²) >= 11 is 0. The maximum absolute atomic E-state index is 12.8. The number of aliphatic carboxylic acids is 1. The molecule has 0 aliphatic heterocycles. The van der Waals surface area contributed by atoms with Crippen molar-refractivity contribution in [2.45, 2.75) is 6.54 Å². The van der Waals surface area contributed by atoms with Gasteiger partial charge in [-0.15, -0.1) is 0 Å². The predicted octanol–water partition coefficient (Wildman–Crippen LogP) is 0.754. The number of carboxylic acid groups (broad SMARTS) is 1. The molecular weight excluding hydrogens is 255 g/mol. The molecule has 0 atom stereocenters. The molecule has 2 rings (SSSR count). The molecule has 2 heterocycles. The molecule has 1 amide bonds. The van der Waals surface area contributed by atoms with Crippen molar-refractivity contribution in [2.75, 3.05) is 5.32 Å². The Morgan fingerprint density at radius 1 is 1.42 bits per heavy atom. The standard InChI is InChI=1S/C11H9FN4O3/c12-9-3-1-2-8(15-9)11(19)14-7-4-13-16(5-7)6-10(17)18/h1-5H,6H2,(H,14,19)(H,17,18). The van der Waals surface area contributed by atoms with Crippen LogP contribution in [-0.2, 0) is 11.3 Å². The average Bonchev–Trinajstić information content (AvgIpc) is 2.75. The second-order valence-electron chi connectivity index (χ2n) is 3.62. The summed E-state index contributed by atoms with van der Waals surface area (Å²) in [5.41, 5.74) is 0.225. The molecule has 0 saturated carbocycles. The van der Waals surface area contributed by atoms with E-state index in [2.05, 4.69) is 15.4 Å². The molecule has 2 aromatic heterocycles. The average molecular weight is 264 g/mol. The van der Waals surface area contributed by atoms with Crippen LogP contribution < -0.4 is 5.32 Å². The van der Waals surface area contributed by atoms with E-state index in [9.17, 15) is 14.0 Å². The van der Waals surface area contributed by atoms with Crippen LogP contribution in [0.5, 0.6) is 0 Å². The van der Waals surface area contributed by atoms with Gasteiger partial charge in [0.05, 0.1) is 11.9 Å². The van der Waals surface area contributed by atoms with Gasteiger partial charge in [0, 0.05) is 6.20 Å². The molecule has 0 unspecified atom stereocenters. The van der Waals surface area contributed by atoms with Gasteiger partial charge in [-0.3, -0.25) is 14.3 Å². The van der Waals surface area contributed by atoms with Gasteiger partial charge in [0.15, 0.2) is 0 Å². The number of carboxylic acids is 1. The summed E-state index contributed by atoms with van der Waals surface area (Å²) in [4.78, 5) is 25.6. The van der Waals surface area contributed by atoms with Crippen molar-refractivity contribution < 1.29 is 19.1 Å². The molecule has 0 bridgehead atoms. The van der Waals surface area contributed by atoms with E-state index in [1.165, 1.54) is 24.5 Å². The molecular formula is C11H9FN4O3. The van der Waals surface area contributed by atoms with Gasteiger partial charge >= 0.3 is 5.97 Å². The van der Waals surface area contributed by atoms with Crippen molar-refractivity contribution in [2.24, 2.45) is 0 Å². The van der Waals surface area contributed by atoms with E-state index in [4.69, 9.17) is 5.11 Å². The third-order valence-electron chi connectivity index (χ3n) is 2.14. The fraction of sp³-hybridized carbons (Fsp3) is 0.0909. The number of amides is 1. The van der Waals surface area contributed by atoms with Crippen LogP contribution in [0.25, 0.3) is 0 Å². The van der Waals surface area contributed by atoms with Gasteiger partial charge in [0.1, 0.15) is 12.2 Å². The first-order valence-electron chi connectivity index (χ1n) is 5.23. The lowest BCUT2D eigenvalue weighted by molar-refractivity contribution is -0.137. The molecule has 2 aromatic rings. The van der Waals surface area contributed by atoms with Crippen molar-refractivity contribution >= 4 is 17.6 Å². The van der Waals surface area contributed by atoms with Gasteiger partial charge in [0.2, 0.25) is 5.95 Å². The summed E-state index contributed by atoms with van der Waals surface area (Å²) in [5, 5.41) is 14.7. The van der Waals surface area contributed by atoms with E-state index in [-0.39, 0.29) is 12.2 Å². The minimum Gasteiger partial charge on any atom is -0.480 e. The Balaban J connectivity index is 2.06. The zero-order chi connectivity index (χ0) is 13.8. The number of nitrogens with one attached hydrogen (secondary N) is 1. The summed E-state index contributed by atoms with van der Waals surface area (Å²) in [7, 11) is 0. The van der Waals surface area contributed by atoms with Gasteiger partial charge < -0.3 is 10.4 Å². The van der Waals surface area contributed by atoms with E-state index < -0.39 is 17.8 Å². The van der Waals surface area contributed by atoms with Crippen molar-refractivity contribution in [3.63, 3.8) is 0 Å². The van der Waals surface area contributed by atoms with Crippen LogP contribution >= 0.6 is 0 Å². The molecule has 2 N–H and O–H groups in total. The number of anilines is 1. The van der Waals surface area contributed by atoms with Crippen molar-refractivity contribution in [1.82, 2.24) is 14.8 Å². The first-order valence-corrected chi connectivity index (χ1v) is 5.23. The van der Waals surface area contributed by atoms with Crippen LogP contribution in [0.2, 0.25) is 0 Å². The normalized spacial score (nSPS) is 10.2. The number of carbonyl (C=O) groups is 2. The second kappa shape index (κ2) is 5.25. The molecule has 0 radical (unpaired) electrons. The van der Waals surface area contributed by atoms with Crippen LogP contribution in [-0.4, -0.2) is 31.7 Å². The highest BCUT2D eigenvalue weighted by atomic mass is 19.1. The van der Waals surface area contributed by atoms with Gasteiger partial charge in [-0.25, -0.2) is 4.98 Å². The quantitative estimate of drug-likeness (QED) is 0.794. The Kier molecular flexibility index (Phi) is 3.51. The number of aromatic nitrogens is 3. The highest BCUT2D eigenvalue weighted by Gasteiger charge is 2.10. The number of pyridine rings is 1. The lowest BCUT2D eigenvalue weighted by Gasteiger charge is -2.01. The number of hydrogen-bond acceptors (Lipinski definition) is 4. The van der Waals surface area contributed by atoms with E-state index in [1.54, 1.807) is 0 Å². The van der Waals surface area contributed by atoms with Crippen LogP contribution in [0.15, 0.2) is 30.6 Å². The van der Waals surface area contributed by atoms with E-state index in [0.717, 1.165) is 10.7 Å². The van der Waals surface area contributed by atoms with Crippen LogP contribution in [0, 0.1) is 5.95 Å². The highest BCUT2D eigenvalue weighted by Crippen LogP contribution is 2.07. The predicted molar refractivity (Wildman–Crippen MR) is 62.0 cm³/mol. The smallest absolute Gasteiger partial charge is 0.325 e. The molecule has 0 saturated heterocycles. The van der Waals surface area contributed by atoms with Gasteiger partial charge in [-0.1, -0.05) is 6.07 Å². The molecule has 0 aliphatic rings. The fourth-order valence-corrected chi connectivity index (χ4v) is 1.38.